The lowest BCUT2D eigenvalue weighted by Crippen LogP contribution is -2.45. The summed E-state index contributed by atoms with van der Waals surface area (Å²) in [6.45, 7) is 15.4. The highest BCUT2D eigenvalue weighted by molar-refractivity contribution is 6.03. The van der Waals surface area contributed by atoms with E-state index in [4.69, 9.17) is 19.0 Å². The number of imide groups is 1. The molecule has 0 aromatic carbocycles. The van der Waals surface area contributed by atoms with Gasteiger partial charge in [-0.2, -0.15) is 0 Å². The molecule has 3 amide bonds. The average Bonchev–Trinajstić information content (AvgIpc) is 2.61. The first-order valence-electron chi connectivity index (χ1n) is 11.2. The van der Waals surface area contributed by atoms with Gasteiger partial charge in [-0.3, -0.25) is 14.4 Å². The molecule has 0 spiro atoms. The monoisotopic (exact) mass is 486 g/mol. The van der Waals surface area contributed by atoms with Crippen LogP contribution in [-0.4, -0.2) is 69.9 Å². The average molecular weight is 487 g/mol. The lowest BCUT2D eigenvalue weighted by Gasteiger charge is -2.33. The maximum atomic E-state index is 12.7. The van der Waals surface area contributed by atoms with Crippen molar-refractivity contribution in [1.82, 2.24) is 9.96 Å². The van der Waals surface area contributed by atoms with Crippen LogP contribution in [0.2, 0.25) is 0 Å². The Morgan fingerprint density at radius 1 is 0.765 bits per heavy atom. The maximum absolute atomic E-state index is 12.7. The predicted octanol–water partition coefficient (Wildman–Crippen LogP) is 4.22. The highest BCUT2D eigenvalue weighted by atomic mass is 16.8. The Labute approximate surface area is 200 Å². The Morgan fingerprint density at radius 2 is 1.24 bits per heavy atom. The first-order valence-corrected chi connectivity index (χ1v) is 11.2. The molecular formula is C23H38N2O9. The minimum Gasteiger partial charge on any atom is -0.444 e. The first-order chi connectivity index (χ1) is 15.3. The largest absolute Gasteiger partial charge is 0.534 e. The summed E-state index contributed by atoms with van der Waals surface area (Å²) in [5.74, 6) is -1.99. The van der Waals surface area contributed by atoms with Gasteiger partial charge < -0.3 is 19.1 Å². The number of carbonyl (C=O) groups is 5. The van der Waals surface area contributed by atoms with Crippen molar-refractivity contribution in [3.05, 3.63) is 0 Å². The molecule has 0 aliphatic carbocycles. The highest BCUT2D eigenvalue weighted by Crippen LogP contribution is 2.22. The Kier molecular flexibility index (Phi) is 9.48. The predicted molar refractivity (Wildman–Crippen MR) is 121 cm³/mol. The van der Waals surface area contributed by atoms with E-state index in [9.17, 15) is 24.0 Å². The number of hydrogen-bond acceptors (Lipinski definition) is 9. The van der Waals surface area contributed by atoms with E-state index < -0.39 is 59.2 Å². The molecule has 194 valence electrons. The van der Waals surface area contributed by atoms with Gasteiger partial charge in [0.25, 0.3) is 5.91 Å². The van der Waals surface area contributed by atoms with Crippen LogP contribution in [0.4, 0.5) is 14.4 Å². The zero-order valence-corrected chi connectivity index (χ0v) is 21.7. The molecule has 1 fully saturated rings. The van der Waals surface area contributed by atoms with Crippen molar-refractivity contribution in [3.8, 4) is 0 Å². The molecule has 1 rings (SSSR count). The molecule has 0 aromatic rings. The Balaban J connectivity index is 2.79. The second-order valence-electron chi connectivity index (χ2n) is 11.1. The molecule has 1 aliphatic heterocycles. The van der Waals surface area contributed by atoms with Crippen molar-refractivity contribution in [2.45, 2.75) is 98.4 Å². The van der Waals surface area contributed by atoms with Gasteiger partial charge >= 0.3 is 18.3 Å². The third-order valence-electron chi connectivity index (χ3n) is 4.27. The number of ether oxygens (including phenoxy) is 3. The maximum Gasteiger partial charge on any atom is 0.534 e. The molecule has 34 heavy (non-hydrogen) atoms. The number of amides is 3. The molecular weight excluding hydrogens is 448 g/mol. The van der Waals surface area contributed by atoms with Crippen molar-refractivity contribution >= 4 is 30.0 Å². The first kappa shape index (κ1) is 29.2. The molecule has 1 heterocycles. The van der Waals surface area contributed by atoms with Crippen molar-refractivity contribution in [1.29, 1.82) is 0 Å². The topological polar surface area (TPSA) is 129 Å². The lowest BCUT2D eigenvalue weighted by atomic mass is 9.91. The second kappa shape index (κ2) is 11.1. The van der Waals surface area contributed by atoms with Crippen molar-refractivity contribution < 1.29 is 43.0 Å². The summed E-state index contributed by atoms with van der Waals surface area (Å²) < 4.78 is 15.5. The van der Waals surface area contributed by atoms with Crippen molar-refractivity contribution in [3.63, 3.8) is 0 Å². The van der Waals surface area contributed by atoms with Crippen LogP contribution in [-0.2, 0) is 28.6 Å². The fraction of sp³-hybridized carbons (Fsp3) is 0.783. The van der Waals surface area contributed by atoms with Gasteiger partial charge in [0.15, 0.2) is 0 Å². The normalized spacial score (nSPS) is 15.3. The molecule has 0 N–H and O–H groups in total. The molecule has 0 radical (unpaired) electrons. The van der Waals surface area contributed by atoms with Gasteiger partial charge in [0.05, 0.1) is 6.42 Å². The molecule has 0 aromatic heterocycles. The number of nitrogens with zero attached hydrogens (tertiary/aromatic N) is 2. The summed E-state index contributed by atoms with van der Waals surface area (Å²) >= 11 is 0. The molecule has 0 atom stereocenters. The molecule has 1 saturated heterocycles. The quantitative estimate of drug-likeness (QED) is 0.249. The summed E-state index contributed by atoms with van der Waals surface area (Å²) in [5, 5.41) is 0.118. The van der Waals surface area contributed by atoms with Crippen LogP contribution in [0.3, 0.4) is 0 Å². The van der Waals surface area contributed by atoms with Gasteiger partial charge in [0.2, 0.25) is 0 Å². The number of likely N-dealkylation sites (tertiary alicyclic amines) is 1. The van der Waals surface area contributed by atoms with E-state index in [0.29, 0.717) is 25.9 Å². The van der Waals surface area contributed by atoms with Crippen LogP contribution in [0.15, 0.2) is 0 Å². The van der Waals surface area contributed by atoms with E-state index in [1.807, 2.05) is 0 Å². The zero-order chi connectivity index (χ0) is 26.5. The van der Waals surface area contributed by atoms with Crippen LogP contribution in [0.25, 0.3) is 0 Å². The third kappa shape index (κ3) is 10.8. The van der Waals surface area contributed by atoms with Crippen LogP contribution in [0, 0.1) is 5.92 Å². The molecule has 0 bridgehead atoms. The zero-order valence-electron chi connectivity index (χ0n) is 21.7. The van der Waals surface area contributed by atoms with E-state index in [1.165, 1.54) is 4.90 Å². The summed E-state index contributed by atoms with van der Waals surface area (Å²) in [4.78, 5) is 68.5. The Hall–Kier alpha value is -2.85. The number of piperidine rings is 1. The molecule has 11 heteroatoms. The number of carbonyl (C=O) groups excluding carboxylic acids is 5. The molecule has 0 saturated carbocycles. The fourth-order valence-corrected chi connectivity index (χ4v) is 2.91. The Morgan fingerprint density at radius 3 is 1.68 bits per heavy atom. The number of Topliss-reactive ketones (excluding diaryl/α,β-unsaturated/α-hetero) is 1. The minimum atomic E-state index is -1.29. The van der Waals surface area contributed by atoms with E-state index in [-0.39, 0.29) is 5.06 Å². The van der Waals surface area contributed by atoms with Gasteiger partial charge in [-0.15, -0.1) is 0 Å². The van der Waals surface area contributed by atoms with Gasteiger partial charge in [-0.25, -0.2) is 14.4 Å². The standard InChI is InChI=1S/C23H38N2O9/c1-21(2,3)31-18(28)24-12-10-15(11-13-24)16(26)14-17(27)25(19(29)32-22(4,5)6)34-20(30)33-23(7,8)9/h15H,10-14H2,1-9H3. The fourth-order valence-electron chi connectivity index (χ4n) is 2.91. The van der Waals surface area contributed by atoms with E-state index in [0.717, 1.165) is 0 Å². The minimum absolute atomic E-state index is 0.118. The molecule has 1 aliphatic rings. The van der Waals surface area contributed by atoms with Gasteiger partial charge in [0, 0.05) is 19.0 Å². The number of ketones is 1. The molecule has 0 unspecified atom stereocenters. The summed E-state index contributed by atoms with van der Waals surface area (Å²) in [5.41, 5.74) is -2.54. The SMILES string of the molecule is CC(C)(C)OC(=O)ON(C(=O)CC(=O)C1CCN(C(=O)OC(C)(C)C)CC1)C(=O)OC(C)(C)C. The lowest BCUT2D eigenvalue weighted by molar-refractivity contribution is -0.172. The number of hydroxylamine groups is 2. The smallest absolute Gasteiger partial charge is 0.444 e. The third-order valence-corrected chi connectivity index (χ3v) is 4.27. The van der Waals surface area contributed by atoms with Crippen LogP contribution in [0.5, 0.6) is 0 Å². The Bertz CT molecular complexity index is 780. The van der Waals surface area contributed by atoms with Gasteiger partial charge in [-0.1, -0.05) is 5.06 Å². The second-order valence-corrected chi connectivity index (χ2v) is 11.1. The summed E-state index contributed by atoms with van der Waals surface area (Å²) in [6, 6.07) is 0. The van der Waals surface area contributed by atoms with E-state index in [1.54, 1.807) is 62.3 Å². The van der Waals surface area contributed by atoms with Crippen LogP contribution >= 0.6 is 0 Å². The summed E-state index contributed by atoms with van der Waals surface area (Å²) in [6.07, 6.45) is -2.99. The van der Waals surface area contributed by atoms with Crippen molar-refractivity contribution in [2.75, 3.05) is 13.1 Å². The number of hydrogen-bond donors (Lipinski definition) is 0. The van der Waals surface area contributed by atoms with E-state index in [2.05, 4.69) is 0 Å². The van der Waals surface area contributed by atoms with Gasteiger partial charge in [-0.05, 0) is 75.2 Å². The van der Waals surface area contributed by atoms with Crippen molar-refractivity contribution in [2.24, 2.45) is 5.92 Å². The van der Waals surface area contributed by atoms with E-state index >= 15 is 0 Å². The highest BCUT2D eigenvalue weighted by Gasteiger charge is 2.36. The van der Waals surface area contributed by atoms with Crippen LogP contribution < -0.4 is 0 Å². The number of rotatable bonds is 3. The molecule has 11 nitrogen and oxygen atoms in total. The van der Waals surface area contributed by atoms with Gasteiger partial charge in [0.1, 0.15) is 22.6 Å². The summed E-state index contributed by atoms with van der Waals surface area (Å²) in [7, 11) is 0. The van der Waals surface area contributed by atoms with Crippen LogP contribution in [0.1, 0.15) is 81.6 Å².